The SMILES string of the molecule is COCCN=C1NC(=O)C(C)(C)S1. The third-order valence-electron chi connectivity index (χ3n) is 1.67. The van der Waals surface area contributed by atoms with E-state index >= 15 is 0 Å². The highest BCUT2D eigenvalue weighted by molar-refractivity contribution is 8.16. The fourth-order valence-electron chi connectivity index (χ4n) is 0.871. The summed E-state index contributed by atoms with van der Waals surface area (Å²) in [6, 6.07) is 0. The van der Waals surface area contributed by atoms with Crippen molar-refractivity contribution in [3.05, 3.63) is 0 Å². The van der Waals surface area contributed by atoms with Gasteiger partial charge in [-0.2, -0.15) is 0 Å². The molecule has 0 aromatic rings. The Hall–Kier alpha value is -0.550. The van der Waals surface area contributed by atoms with Gasteiger partial charge in [-0.05, 0) is 13.8 Å². The van der Waals surface area contributed by atoms with Crippen LogP contribution >= 0.6 is 11.8 Å². The molecule has 0 spiro atoms. The van der Waals surface area contributed by atoms with E-state index in [1.54, 1.807) is 7.11 Å². The van der Waals surface area contributed by atoms with Crippen LogP contribution in [-0.4, -0.2) is 36.1 Å². The van der Waals surface area contributed by atoms with Crippen molar-refractivity contribution in [2.75, 3.05) is 20.3 Å². The van der Waals surface area contributed by atoms with Gasteiger partial charge in [-0.3, -0.25) is 9.79 Å². The molecule has 1 amide bonds. The molecular formula is C8H14N2O2S. The molecule has 0 aromatic heterocycles. The molecule has 0 radical (unpaired) electrons. The van der Waals surface area contributed by atoms with Crippen LogP contribution in [0.15, 0.2) is 4.99 Å². The van der Waals surface area contributed by atoms with Crippen LogP contribution in [0.5, 0.6) is 0 Å². The van der Waals surface area contributed by atoms with Crippen molar-refractivity contribution in [3.63, 3.8) is 0 Å². The zero-order chi connectivity index (χ0) is 9.90. The highest BCUT2D eigenvalue weighted by Crippen LogP contribution is 2.30. The number of hydrogen-bond donors (Lipinski definition) is 1. The number of nitrogens with one attached hydrogen (secondary N) is 1. The molecule has 0 unspecified atom stereocenters. The largest absolute Gasteiger partial charge is 0.383 e. The minimum absolute atomic E-state index is 0.0219. The third-order valence-corrected chi connectivity index (χ3v) is 2.79. The molecule has 1 fully saturated rings. The highest BCUT2D eigenvalue weighted by Gasteiger charge is 2.37. The first kappa shape index (κ1) is 10.5. The smallest absolute Gasteiger partial charge is 0.242 e. The Kier molecular flexibility index (Phi) is 3.33. The van der Waals surface area contributed by atoms with Gasteiger partial charge in [0, 0.05) is 7.11 Å². The standard InChI is InChI=1S/C8H14N2O2S/c1-8(2)6(11)10-7(13-8)9-4-5-12-3/h4-5H2,1-3H3,(H,9,10,11). The maximum Gasteiger partial charge on any atom is 0.242 e. The number of aliphatic imine (C=N–C) groups is 1. The summed E-state index contributed by atoms with van der Waals surface area (Å²) < 4.78 is 4.47. The first-order valence-corrected chi connectivity index (χ1v) is 4.92. The van der Waals surface area contributed by atoms with E-state index in [1.165, 1.54) is 11.8 Å². The van der Waals surface area contributed by atoms with Crippen molar-refractivity contribution in [1.82, 2.24) is 5.32 Å². The predicted octanol–water partition coefficient (Wildman–Crippen LogP) is 0.630. The lowest BCUT2D eigenvalue weighted by Crippen LogP contribution is -2.30. The quantitative estimate of drug-likeness (QED) is 0.683. The second kappa shape index (κ2) is 4.11. The molecule has 1 saturated heterocycles. The van der Waals surface area contributed by atoms with Crippen molar-refractivity contribution in [2.24, 2.45) is 4.99 Å². The van der Waals surface area contributed by atoms with Gasteiger partial charge in [0.15, 0.2) is 5.17 Å². The van der Waals surface area contributed by atoms with Gasteiger partial charge in [0.2, 0.25) is 5.91 Å². The summed E-state index contributed by atoms with van der Waals surface area (Å²) in [4.78, 5) is 15.5. The first-order chi connectivity index (χ1) is 6.06. The number of hydrogen-bond acceptors (Lipinski definition) is 4. The summed E-state index contributed by atoms with van der Waals surface area (Å²) in [6.45, 7) is 4.94. The number of rotatable bonds is 3. The van der Waals surface area contributed by atoms with Crippen LogP contribution in [0.25, 0.3) is 0 Å². The van der Waals surface area contributed by atoms with E-state index in [1.807, 2.05) is 13.8 Å². The van der Waals surface area contributed by atoms with Gasteiger partial charge < -0.3 is 10.1 Å². The summed E-state index contributed by atoms with van der Waals surface area (Å²) in [5, 5.41) is 3.42. The van der Waals surface area contributed by atoms with Crippen molar-refractivity contribution in [1.29, 1.82) is 0 Å². The summed E-state index contributed by atoms with van der Waals surface area (Å²) in [5.41, 5.74) is 0. The molecule has 5 heteroatoms. The Labute approximate surface area is 82.1 Å². The molecule has 1 aliphatic heterocycles. The van der Waals surface area contributed by atoms with Crippen molar-refractivity contribution >= 4 is 22.8 Å². The lowest BCUT2D eigenvalue weighted by atomic mass is 10.2. The molecule has 74 valence electrons. The topological polar surface area (TPSA) is 50.7 Å². The molecule has 0 atom stereocenters. The highest BCUT2D eigenvalue weighted by atomic mass is 32.2. The lowest BCUT2D eigenvalue weighted by molar-refractivity contribution is -0.120. The van der Waals surface area contributed by atoms with E-state index in [0.717, 1.165) is 0 Å². The average Bonchev–Trinajstić information content (AvgIpc) is 2.27. The molecule has 1 N–H and O–H groups in total. The second-order valence-electron chi connectivity index (χ2n) is 3.25. The lowest BCUT2D eigenvalue weighted by Gasteiger charge is -2.08. The van der Waals surface area contributed by atoms with Crippen LogP contribution in [0.3, 0.4) is 0 Å². The molecule has 0 aromatic carbocycles. The van der Waals surface area contributed by atoms with Gasteiger partial charge in [0.1, 0.15) is 0 Å². The van der Waals surface area contributed by atoms with Crippen LogP contribution in [0.1, 0.15) is 13.8 Å². The molecule has 0 saturated carbocycles. The Morgan fingerprint density at radius 2 is 2.31 bits per heavy atom. The number of carbonyl (C=O) groups excluding carboxylic acids is 1. The summed E-state index contributed by atoms with van der Waals surface area (Å²) in [6.07, 6.45) is 0. The second-order valence-corrected chi connectivity index (χ2v) is 4.86. The number of methoxy groups -OCH3 is 1. The van der Waals surface area contributed by atoms with Crippen LogP contribution in [-0.2, 0) is 9.53 Å². The van der Waals surface area contributed by atoms with E-state index in [0.29, 0.717) is 18.3 Å². The van der Waals surface area contributed by atoms with E-state index in [4.69, 9.17) is 4.74 Å². The van der Waals surface area contributed by atoms with E-state index in [2.05, 4.69) is 10.3 Å². The first-order valence-electron chi connectivity index (χ1n) is 4.10. The molecule has 1 aliphatic rings. The molecule has 4 nitrogen and oxygen atoms in total. The number of ether oxygens (including phenoxy) is 1. The van der Waals surface area contributed by atoms with E-state index in [9.17, 15) is 4.79 Å². The van der Waals surface area contributed by atoms with Gasteiger partial charge in [-0.25, -0.2) is 0 Å². The van der Waals surface area contributed by atoms with Crippen molar-refractivity contribution in [2.45, 2.75) is 18.6 Å². The van der Waals surface area contributed by atoms with Crippen LogP contribution in [0, 0.1) is 0 Å². The minimum atomic E-state index is -0.383. The monoisotopic (exact) mass is 202 g/mol. The van der Waals surface area contributed by atoms with E-state index < -0.39 is 0 Å². The van der Waals surface area contributed by atoms with Crippen molar-refractivity contribution in [3.8, 4) is 0 Å². The van der Waals surface area contributed by atoms with Crippen LogP contribution in [0.2, 0.25) is 0 Å². The molecular weight excluding hydrogens is 188 g/mol. The van der Waals surface area contributed by atoms with Crippen LogP contribution in [0.4, 0.5) is 0 Å². The average molecular weight is 202 g/mol. The van der Waals surface area contributed by atoms with Gasteiger partial charge >= 0.3 is 0 Å². The normalized spacial score (nSPS) is 23.6. The predicted molar refractivity (Wildman–Crippen MR) is 54.0 cm³/mol. The maximum absolute atomic E-state index is 11.3. The summed E-state index contributed by atoms with van der Waals surface area (Å²) in [7, 11) is 1.63. The third kappa shape index (κ3) is 2.70. The van der Waals surface area contributed by atoms with Gasteiger partial charge in [0.25, 0.3) is 0 Å². The molecule has 0 aliphatic carbocycles. The Bertz CT molecular complexity index is 238. The number of amidine groups is 1. The van der Waals surface area contributed by atoms with Gasteiger partial charge in [-0.15, -0.1) is 0 Å². The zero-order valence-corrected chi connectivity index (χ0v) is 8.90. The summed E-state index contributed by atoms with van der Waals surface area (Å²) in [5.74, 6) is 0.0219. The Morgan fingerprint density at radius 1 is 1.62 bits per heavy atom. The number of carbonyl (C=O) groups is 1. The molecule has 1 rings (SSSR count). The maximum atomic E-state index is 11.3. The fourth-order valence-corrected chi connectivity index (χ4v) is 1.80. The minimum Gasteiger partial charge on any atom is -0.383 e. The molecule has 1 heterocycles. The Morgan fingerprint density at radius 3 is 2.77 bits per heavy atom. The fraction of sp³-hybridized carbons (Fsp3) is 0.750. The number of nitrogens with zero attached hydrogens (tertiary/aromatic N) is 1. The zero-order valence-electron chi connectivity index (χ0n) is 8.09. The molecule has 0 bridgehead atoms. The van der Waals surface area contributed by atoms with Gasteiger partial charge in [-0.1, -0.05) is 11.8 Å². The van der Waals surface area contributed by atoms with Gasteiger partial charge in [0.05, 0.1) is 17.9 Å². The Balaban J connectivity index is 2.48. The summed E-state index contributed by atoms with van der Waals surface area (Å²) >= 11 is 1.46. The van der Waals surface area contributed by atoms with Crippen LogP contribution < -0.4 is 5.32 Å². The molecule has 13 heavy (non-hydrogen) atoms. The number of thioether (sulfide) groups is 1. The van der Waals surface area contributed by atoms with E-state index in [-0.39, 0.29) is 10.7 Å². The van der Waals surface area contributed by atoms with Crippen molar-refractivity contribution < 1.29 is 9.53 Å². The number of amides is 1.